The molecule has 0 saturated carbocycles. The quantitative estimate of drug-likeness (QED) is 0.653. The predicted octanol–water partition coefficient (Wildman–Crippen LogP) is 4.74. The number of aromatic nitrogens is 1. The fourth-order valence-electron chi connectivity index (χ4n) is 2.54. The van der Waals surface area contributed by atoms with Gasteiger partial charge in [0, 0.05) is 17.6 Å². The average Bonchev–Trinajstić information content (AvgIpc) is 2.70. The van der Waals surface area contributed by atoms with Crippen molar-refractivity contribution in [3.63, 3.8) is 0 Å². The second-order valence-corrected chi connectivity index (χ2v) is 6.36. The first-order valence-electron chi connectivity index (χ1n) is 8.85. The fourth-order valence-corrected chi connectivity index (χ4v) is 2.54. The van der Waals surface area contributed by atoms with Crippen LogP contribution in [0.4, 0.5) is 17.1 Å². The molecule has 0 bridgehead atoms. The molecule has 6 nitrogen and oxygen atoms in total. The van der Waals surface area contributed by atoms with Crippen molar-refractivity contribution < 1.29 is 9.53 Å². The lowest BCUT2D eigenvalue weighted by atomic mass is 10.2. The molecular weight excluding hydrogens is 352 g/mol. The molecule has 0 fully saturated rings. The number of ether oxygens (including phenoxy) is 1. The normalized spacial score (nSPS) is 10.2. The standard InChI is InChI=1S/C22H20N4O2/c1-15(2)28-21-6-4-3-5-19(21)26-22(27)20-13-18(11-12-24-20)25-17-9-7-16(14-23)8-10-17/h3-13,15H,1-2H3,(H,24,25)(H,26,27). The van der Waals surface area contributed by atoms with Gasteiger partial charge < -0.3 is 15.4 Å². The summed E-state index contributed by atoms with van der Waals surface area (Å²) in [7, 11) is 0. The Kier molecular flexibility index (Phi) is 5.87. The summed E-state index contributed by atoms with van der Waals surface area (Å²) in [5, 5.41) is 14.9. The van der Waals surface area contributed by atoms with Crippen molar-refractivity contribution in [1.82, 2.24) is 4.98 Å². The number of nitrogens with zero attached hydrogens (tertiary/aromatic N) is 2. The zero-order chi connectivity index (χ0) is 19.9. The van der Waals surface area contributed by atoms with Gasteiger partial charge in [-0.05, 0) is 62.4 Å². The monoisotopic (exact) mass is 372 g/mol. The Labute approximate surface area is 163 Å². The van der Waals surface area contributed by atoms with Crippen molar-refractivity contribution in [3.05, 3.63) is 78.1 Å². The number of hydrogen-bond acceptors (Lipinski definition) is 5. The molecule has 2 aromatic carbocycles. The Morgan fingerprint density at radius 3 is 2.54 bits per heavy atom. The minimum absolute atomic E-state index is 0.00359. The van der Waals surface area contributed by atoms with E-state index in [4.69, 9.17) is 10.00 Å². The largest absolute Gasteiger partial charge is 0.489 e. The summed E-state index contributed by atoms with van der Waals surface area (Å²) >= 11 is 0. The van der Waals surface area contributed by atoms with E-state index in [-0.39, 0.29) is 17.7 Å². The number of carbonyl (C=O) groups is 1. The van der Waals surface area contributed by atoms with Crippen molar-refractivity contribution in [2.24, 2.45) is 0 Å². The van der Waals surface area contributed by atoms with Crippen molar-refractivity contribution in [1.29, 1.82) is 5.26 Å². The molecule has 0 aliphatic heterocycles. The van der Waals surface area contributed by atoms with Gasteiger partial charge in [0.15, 0.2) is 0 Å². The van der Waals surface area contributed by atoms with Crippen LogP contribution in [-0.2, 0) is 0 Å². The summed E-state index contributed by atoms with van der Waals surface area (Å²) in [4.78, 5) is 16.8. The third-order valence-corrected chi connectivity index (χ3v) is 3.79. The van der Waals surface area contributed by atoms with Gasteiger partial charge >= 0.3 is 0 Å². The molecule has 0 aliphatic carbocycles. The highest BCUT2D eigenvalue weighted by Gasteiger charge is 2.12. The van der Waals surface area contributed by atoms with Gasteiger partial charge in [0.05, 0.1) is 23.4 Å². The smallest absolute Gasteiger partial charge is 0.274 e. The lowest BCUT2D eigenvalue weighted by Gasteiger charge is -2.14. The van der Waals surface area contributed by atoms with Crippen LogP contribution in [0.2, 0.25) is 0 Å². The van der Waals surface area contributed by atoms with Gasteiger partial charge in [-0.25, -0.2) is 0 Å². The highest BCUT2D eigenvalue weighted by Crippen LogP contribution is 2.25. The van der Waals surface area contributed by atoms with Crippen molar-refractivity contribution in [3.8, 4) is 11.8 Å². The lowest BCUT2D eigenvalue weighted by Crippen LogP contribution is -2.15. The molecule has 1 amide bonds. The summed E-state index contributed by atoms with van der Waals surface area (Å²) in [5.41, 5.74) is 2.98. The van der Waals surface area contributed by atoms with E-state index in [2.05, 4.69) is 21.7 Å². The SMILES string of the molecule is CC(C)Oc1ccccc1NC(=O)c1cc(Nc2ccc(C#N)cc2)ccn1. The molecule has 0 radical (unpaired) electrons. The van der Waals surface area contributed by atoms with Crippen LogP contribution in [0.1, 0.15) is 29.9 Å². The van der Waals surface area contributed by atoms with Gasteiger partial charge in [-0.2, -0.15) is 5.26 Å². The number of nitrogens with one attached hydrogen (secondary N) is 2. The van der Waals surface area contributed by atoms with E-state index in [1.165, 1.54) is 0 Å². The Bertz CT molecular complexity index is 1010. The summed E-state index contributed by atoms with van der Waals surface area (Å²) in [6.07, 6.45) is 1.56. The Hall–Kier alpha value is -3.85. The first kappa shape index (κ1) is 18.9. The number of pyridine rings is 1. The van der Waals surface area contributed by atoms with E-state index < -0.39 is 0 Å². The number of carbonyl (C=O) groups excluding carboxylic acids is 1. The minimum Gasteiger partial charge on any atom is -0.489 e. The van der Waals surface area contributed by atoms with Crippen LogP contribution in [0, 0.1) is 11.3 Å². The topological polar surface area (TPSA) is 87.0 Å². The van der Waals surface area contributed by atoms with Crippen LogP contribution in [0.3, 0.4) is 0 Å². The number of benzene rings is 2. The van der Waals surface area contributed by atoms with Gasteiger partial charge in [0.25, 0.3) is 5.91 Å². The van der Waals surface area contributed by atoms with Crippen LogP contribution in [0.15, 0.2) is 66.9 Å². The zero-order valence-corrected chi connectivity index (χ0v) is 15.6. The summed E-state index contributed by atoms with van der Waals surface area (Å²) in [5.74, 6) is 0.279. The Morgan fingerprint density at radius 1 is 1.07 bits per heavy atom. The number of rotatable bonds is 6. The molecule has 2 N–H and O–H groups in total. The number of amides is 1. The molecule has 0 saturated heterocycles. The molecule has 3 rings (SSSR count). The summed E-state index contributed by atoms with van der Waals surface area (Å²) in [6, 6.07) is 19.9. The maximum atomic E-state index is 12.6. The third-order valence-electron chi connectivity index (χ3n) is 3.79. The molecule has 28 heavy (non-hydrogen) atoms. The number of hydrogen-bond donors (Lipinski definition) is 2. The minimum atomic E-state index is -0.330. The maximum absolute atomic E-state index is 12.6. The van der Waals surface area contributed by atoms with E-state index in [0.29, 0.717) is 17.0 Å². The van der Waals surface area contributed by atoms with Crippen LogP contribution < -0.4 is 15.4 Å². The van der Waals surface area contributed by atoms with Gasteiger partial charge in [-0.15, -0.1) is 0 Å². The lowest BCUT2D eigenvalue weighted by molar-refractivity contribution is 0.102. The second kappa shape index (κ2) is 8.69. The first-order chi connectivity index (χ1) is 13.5. The zero-order valence-electron chi connectivity index (χ0n) is 15.6. The molecule has 0 atom stereocenters. The molecule has 6 heteroatoms. The molecule has 1 heterocycles. The van der Waals surface area contributed by atoms with Gasteiger partial charge in [-0.1, -0.05) is 12.1 Å². The van der Waals surface area contributed by atoms with E-state index in [0.717, 1.165) is 11.4 Å². The van der Waals surface area contributed by atoms with Gasteiger partial charge in [-0.3, -0.25) is 9.78 Å². The molecule has 1 aromatic heterocycles. The number of anilines is 3. The fraction of sp³-hybridized carbons (Fsp3) is 0.136. The summed E-state index contributed by atoms with van der Waals surface area (Å²) < 4.78 is 5.73. The predicted molar refractivity (Wildman–Crippen MR) is 109 cm³/mol. The number of nitriles is 1. The van der Waals surface area contributed by atoms with Crippen LogP contribution in [0.25, 0.3) is 0 Å². The Morgan fingerprint density at radius 2 is 1.82 bits per heavy atom. The molecule has 3 aromatic rings. The number of para-hydroxylation sites is 2. The van der Waals surface area contributed by atoms with Crippen molar-refractivity contribution >= 4 is 23.0 Å². The van der Waals surface area contributed by atoms with E-state index in [9.17, 15) is 4.79 Å². The third kappa shape index (κ3) is 4.86. The van der Waals surface area contributed by atoms with Crippen LogP contribution in [-0.4, -0.2) is 17.0 Å². The van der Waals surface area contributed by atoms with Crippen molar-refractivity contribution in [2.75, 3.05) is 10.6 Å². The highest BCUT2D eigenvalue weighted by atomic mass is 16.5. The van der Waals surface area contributed by atoms with Crippen molar-refractivity contribution in [2.45, 2.75) is 20.0 Å². The average molecular weight is 372 g/mol. The summed E-state index contributed by atoms with van der Waals surface area (Å²) in [6.45, 7) is 3.86. The Balaban J connectivity index is 1.75. The van der Waals surface area contributed by atoms with Gasteiger partial charge in [0.1, 0.15) is 11.4 Å². The van der Waals surface area contributed by atoms with E-state index in [1.807, 2.05) is 32.0 Å². The molecule has 140 valence electrons. The maximum Gasteiger partial charge on any atom is 0.274 e. The van der Waals surface area contributed by atoms with Gasteiger partial charge in [0.2, 0.25) is 0 Å². The highest BCUT2D eigenvalue weighted by molar-refractivity contribution is 6.04. The first-order valence-corrected chi connectivity index (χ1v) is 8.85. The van der Waals surface area contributed by atoms with E-state index >= 15 is 0 Å². The van der Waals surface area contributed by atoms with E-state index in [1.54, 1.807) is 48.7 Å². The molecule has 0 unspecified atom stereocenters. The molecule has 0 spiro atoms. The second-order valence-electron chi connectivity index (χ2n) is 6.36. The van der Waals surface area contributed by atoms with Crippen LogP contribution in [0.5, 0.6) is 5.75 Å². The van der Waals surface area contributed by atoms with Crippen LogP contribution >= 0.6 is 0 Å². The molecular formula is C22H20N4O2. The molecule has 0 aliphatic rings.